The first-order chi connectivity index (χ1) is 35.7. The summed E-state index contributed by atoms with van der Waals surface area (Å²) in [6, 6.07) is 25.3. The minimum Gasteiger partial charge on any atom is -0.356 e. The van der Waals surface area contributed by atoms with E-state index >= 15 is 0 Å². The van der Waals surface area contributed by atoms with E-state index in [2.05, 4.69) is 31.1 Å². The van der Waals surface area contributed by atoms with Gasteiger partial charge in [-0.15, -0.1) is 0 Å². The Balaban J connectivity index is 0.622. The summed E-state index contributed by atoms with van der Waals surface area (Å²) in [4.78, 5) is 42.9. The molecule has 3 heterocycles. The fraction of sp³-hybridized carbons (Fsp3) is 0.534. The van der Waals surface area contributed by atoms with Gasteiger partial charge in [-0.1, -0.05) is 92.4 Å². The molecule has 3 aliphatic rings. The number of benzene rings is 4. The predicted molar refractivity (Wildman–Crippen MR) is 277 cm³/mol. The van der Waals surface area contributed by atoms with Gasteiger partial charge in [-0.2, -0.15) is 26.3 Å². The predicted octanol–water partition coefficient (Wildman–Crippen LogP) is 11.7. The monoisotopic (exact) mass is 1030 g/mol. The van der Waals surface area contributed by atoms with Gasteiger partial charge in [-0.25, -0.2) is 0 Å². The fourth-order valence-corrected chi connectivity index (χ4v) is 10.2. The van der Waals surface area contributed by atoms with Crippen LogP contribution in [0.1, 0.15) is 142 Å². The molecule has 0 aliphatic carbocycles. The zero-order chi connectivity index (χ0) is 52.3. The van der Waals surface area contributed by atoms with Gasteiger partial charge in [-0.05, 0) is 155 Å². The van der Waals surface area contributed by atoms with Crippen LogP contribution in [0.2, 0.25) is 0 Å². The Hall–Kier alpha value is -5.29. The first kappa shape index (κ1) is 56.4. The first-order valence-corrected chi connectivity index (χ1v) is 26.9. The molecule has 0 saturated carbocycles. The van der Waals surface area contributed by atoms with Crippen LogP contribution in [0.5, 0.6) is 0 Å². The molecule has 0 spiro atoms. The highest BCUT2D eigenvalue weighted by molar-refractivity contribution is 6.01. The molecule has 16 heteroatoms. The Bertz CT molecular complexity index is 2370. The number of ether oxygens (including phenoxy) is 1. The number of amides is 3. The van der Waals surface area contributed by atoms with Crippen LogP contribution >= 0.6 is 0 Å². The quantitative estimate of drug-likeness (QED) is 0.0267. The molecular formula is C58H74F6N6O4. The van der Waals surface area contributed by atoms with Crippen LogP contribution in [-0.4, -0.2) is 98.2 Å². The third-order valence-electron chi connectivity index (χ3n) is 14.6. The largest absolute Gasteiger partial charge is 0.416 e. The van der Waals surface area contributed by atoms with E-state index in [-0.39, 0.29) is 36.1 Å². The molecule has 2 atom stereocenters. The average molecular weight is 1030 g/mol. The highest BCUT2D eigenvalue weighted by atomic mass is 19.4. The number of unbranched alkanes of at least 4 members (excludes halogenated alkanes) is 8. The van der Waals surface area contributed by atoms with Gasteiger partial charge in [0.25, 0.3) is 5.91 Å². The summed E-state index contributed by atoms with van der Waals surface area (Å²) in [5.74, 6) is -0.0288. The van der Waals surface area contributed by atoms with Crippen LogP contribution in [0.4, 0.5) is 26.3 Å². The van der Waals surface area contributed by atoms with E-state index in [1.807, 2.05) is 24.3 Å². The van der Waals surface area contributed by atoms with Crippen LogP contribution in [-0.2, 0) is 26.7 Å². The third-order valence-corrected chi connectivity index (χ3v) is 14.6. The number of carbonyl (C=O) groups is 3. The minimum atomic E-state index is -4.42. The summed E-state index contributed by atoms with van der Waals surface area (Å²) in [5.41, 5.74) is 2.83. The molecule has 3 fully saturated rings. The zero-order valence-electron chi connectivity index (χ0n) is 42.5. The van der Waals surface area contributed by atoms with Crippen molar-refractivity contribution in [2.24, 2.45) is 0 Å². The van der Waals surface area contributed by atoms with Gasteiger partial charge in [0.15, 0.2) is 0 Å². The number of hydrogen-bond acceptors (Lipinski definition) is 7. The molecule has 0 aromatic heterocycles. The second-order valence-electron chi connectivity index (χ2n) is 20.2. The Morgan fingerprint density at radius 1 is 0.514 bits per heavy atom. The van der Waals surface area contributed by atoms with Gasteiger partial charge >= 0.3 is 12.4 Å². The summed E-state index contributed by atoms with van der Waals surface area (Å²) in [6.45, 7) is 7.14. The topological polar surface area (TPSA) is 118 Å². The number of likely N-dealkylation sites (tertiary alicyclic amines) is 2. The lowest BCUT2D eigenvalue weighted by atomic mass is 9.96. The summed E-state index contributed by atoms with van der Waals surface area (Å²) >= 11 is 0. The van der Waals surface area contributed by atoms with Crippen LogP contribution in [0, 0.1) is 0 Å². The van der Waals surface area contributed by atoms with Crippen LogP contribution < -0.4 is 21.3 Å². The summed E-state index contributed by atoms with van der Waals surface area (Å²) in [6.07, 6.45) is 6.58. The van der Waals surface area contributed by atoms with Crippen molar-refractivity contribution in [1.29, 1.82) is 0 Å². The molecule has 74 heavy (non-hydrogen) atoms. The van der Waals surface area contributed by atoms with E-state index in [0.29, 0.717) is 48.7 Å². The Morgan fingerprint density at radius 2 is 0.959 bits per heavy atom. The van der Waals surface area contributed by atoms with Crippen molar-refractivity contribution in [3.05, 3.63) is 119 Å². The molecule has 10 nitrogen and oxygen atoms in total. The maximum Gasteiger partial charge on any atom is 0.416 e. The fourth-order valence-electron chi connectivity index (χ4n) is 10.2. The van der Waals surface area contributed by atoms with E-state index < -0.39 is 23.5 Å². The standard InChI is InChI=1S/C58H74F6N6O4/c59-57(60,61)44-26-22-42(23-27-44)48-16-8-10-18-50(48)54-56(74-54)68-47-32-40-70(41-33-47)37-15-4-2-7-21-53(72)66-35-13-5-12-34-65-52(71)20-6-1-3-14-36-69-38-30-46(31-39-69)67-55(73)51-19-11-9-17-49(51)43-24-28-45(29-25-43)58(62,63)64/h8-11,16-19,22-29,46-47,54,56,68H,1-7,12-15,20-21,30-41H2,(H,65,71)(H,66,72)(H,67,73). The SMILES string of the molecule is O=C(CCCCCCN1CCC(NC(=O)c2ccccc2-c2ccc(C(F)(F)F)cc2)CC1)NCCCCCNC(=O)CCCCCCN1CCC(NC2OC2c2ccccc2-c2ccc(C(F)(F)F)cc2)CC1. The number of nitrogens with zero attached hydrogens (tertiary/aromatic N) is 2. The summed E-state index contributed by atoms with van der Waals surface area (Å²) in [5, 5.41) is 12.9. The molecule has 3 amide bonds. The molecule has 402 valence electrons. The van der Waals surface area contributed by atoms with Crippen molar-refractivity contribution in [3.63, 3.8) is 0 Å². The molecule has 2 unspecified atom stereocenters. The number of rotatable bonds is 27. The Morgan fingerprint density at radius 3 is 1.49 bits per heavy atom. The molecule has 7 rings (SSSR count). The van der Waals surface area contributed by atoms with Crippen molar-refractivity contribution in [2.45, 2.75) is 146 Å². The van der Waals surface area contributed by atoms with Gasteiger partial charge in [0.1, 0.15) is 12.3 Å². The number of alkyl halides is 6. The van der Waals surface area contributed by atoms with Gasteiger partial charge in [0.05, 0.1) is 11.1 Å². The second kappa shape index (κ2) is 28.0. The van der Waals surface area contributed by atoms with E-state index in [0.717, 1.165) is 177 Å². The summed E-state index contributed by atoms with van der Waals surface area (Å²) < 4.78 is 84.5. The number of epoxide rings is 1. The number of halogens is 6. The van der Waals surface area contributed by atoms with Crippen molar-refractivity contribution in [3.8, 4) is 22.3 Å². The molecule has 4 aromatic rings. The molecule has 0 bridgehead atoms. The maximum atomic E-state index is 13.3. The first-order valence-electron chi connectivity index (χ1n) is 26.9. The maximum absolute atomic E-state index is 13.3. The number of carbonyl (C=O) groups excluding carboxylic acids is 3. The van der Waals surface area contributed by atoms with Crippen molar-refractivity contribution >= 4 is 17.7 Å². The van der Waals surface area contributed by atoms with E-state index in [1.54, 1.807) is 24.3 Å². The van der Waals surface area contributed by atoms with E-state index in [4.69, 9.17) is 4.74 Å². The lowest BCUT2D eigenvalue weighted by molar-refractivity contribution is -0.138. The third kappa shape index (κ3) is 17.9. The van der Waals surface area contributed by atoms with Crippen LogP contribution in [0.25, 0.3) is 22.3 Å². The van der Waals surface area contributed by atoms with Gasteiger partial charge in [0, 0.05) is 56.7 Å². The van der Waals surface area contributed by atoms with E-state index in [9.17, 15) is 40.7 Å². The van der Waals surface area contributed by atoms with Crippen molar-refractivity contribution < 1.29 is 45.5 Å². The van der Waals surface area contributed by atoms with Crippen LogP contribution in [0.15, 0.2) is 97.1 Å². The van der Waals surface area contributed by atoms with E-state index in [1.165, 1.54) is 24.3 Å². The number of hydrogen-bond donors (Lipinski definition) is 4. The number of piperidine rings is 2. The highest BCUT2D eigenvalue weighted by Gasteiger charge is 2.43. The molecule has 4 N–H and O–H groups in total. The molecule has 4 aromatic carbocycles. The molecule has 3 aliphatic heterocycles. The summed E-state index contributed by atoms with van der Waals surface area (Å²) in [7, 11) is 0. The minimum absolute atomic E-state index is 0.0323. The lowest BCUT2D eigenvalue weighted by Gasteiger charge is -2.32. The normalized spacial score (nSPS) is 18.0. The second-order valence-corrected chi connectivity index (χ2v) is 20.2. The Labute approximate surface area is 432 Å². The average Bonchev–Trinajstić information content (AvgIpc) is 4.17. The van der Waals surface area contributed by atoms with Gasteiger partial charge < -0.3 is 30.5 Å². The number of nitrogens with one attached hydrogen (secondary N) is 4. The van der Waals surface area contributed by atoms with Crippen molar-refractivity contribution in [2.75, 3.05) is 52.4 Å². The van der Waals surface area contributed by atoms with Crippen molar-refractivity contribution in [1.82, 2.24) is 31.1 Å². The van der Waals surface area contributed by atoms with Gasteiger partial charge in [0.2, 0.25) is 11.8 Å². The van der Waals surface area contributed by atoms with Crippen LogP contribution in [0.3, 0.4) is 0 Å². The lowest BCUT2D eigenvalue weighted by Crippen LogP contribution is -2.44. The molecular weight excluding hydrogens is 959 g/mol. The molecule has 0 radical (unpaired) electrons. The zero-order valence-corrected chi connectivity index (χ0v) is 42.5. The molecule has 3 saturated heterocycles. The smallest absolute Gasteiger partial charge is 0.356 e. The highest BCUT2D eigenvalue weighted by Crippen LogP contribution is 2.43. The van der Waals surface area contributed by atoms with Gasteiger partial charge in [-0.3, -0.25) is 19.7 Å². The Kier molecular flexibility index (Phi) is 21.4.